The molecule has 1 aromatic heterocycles. The molecule has 0 spiro atoms. The lowest BCUT2D eigenvalue weighted by Crippen LogP contribution is -2.40. The number of methoxy groups -OCH3 is 1. The highest BCUT2D eigenvalue weighted by atomic mass is 32.2. The van der Waals surface area contributed by atoms with Crippen LogP contribution in [0.4, 0.5) is 0 Å². The van der Waals surface area contributed by atoms with Crippen molar-refractivity contribution in [2.24, 2.45) is 0 Å². The minimum Gasteiger partial charge on any atom is -0.497 e. The smallest absolute Gasteiger partial charge is 0.251 e. The lowest BCUT2D eigenvalue weighted by atomic mass is 9.96. The van der Waals surface area contributed by atoms with Crippen LogP contribution in [0.3, 0.4) is 0 Å². The number of nitrogens with zero attached hydrogens (tertiary/aromatic N) is 2. The van der Waals surface area contributed by atoms with Crippen molar-refractivity contribution in [2.75, 3.05) is 26.0 Å². The standard InChI is InChI=1S/C21H27N3O5S/c1-3-16-13-19(25)23-21(22-16)15-5-4-11-24(14-15)20(26)10-12-30(27,28)18-8-6-17(29-2)7-9-18/h6-9,13,15H,3-5,10-12,14H2,1-2H3,(H,22,23,25)/t15-/m1/s1. The number of aryl methyl sites for hydroxylation is 1. The topological polar surface area (TPSA) is 109 Å². The summed E-state index contributed by atoms with van der Waals surface area (Å²) in [5.74, 6) is 0.663. The number of aromatic nitrogens is 2. The lowest BCUT2D eigenvalue weighted by molar-refractivity contribution is -0.132. The number of hydrogen-bond acceptors (Lipinski definition) is 6. The second kappa shape index (κ2) is 9.42. The molecule has 0 bridgehead atoms. The molecule has 162 valence electrons. The molecule has 2 aromatic rings. The number of piperidine rings is 1. The molecule has 1 aliphatic rings. The number of aromatic amines is 1. The first-order chi connectivity index (χ1) is 14.3. The van der Waals surface area contributed by atoms with Crippen LogP contribution in [-0.4, -0.2) is 55.1 Å². The second-order valence-corrected chi connectivity index (χ2v) is 9.51. The van der Waals surface area contributed by atoms with Gasteiger partial charge in [-0.3, -0.25) is 9.59 Å². The lowest BCUT2D eigenvalue weighted by Gasteiger charge is -2.32. The fourth-order valence-corrected chi connectivity index (χ4v) is 4.84. The molecule has 1 saturated heterocycles. The Hall–Kier alpha value is -2.68. The summed E-state index contributed by atoms with van der Waals surface area (Å²) in [4.78, 5) is 33.7. The Balaban J connectivity index is 1.64. The number of carbonyl (C=O) groups excluding carboxylic acids is 1. The summed E-state index contributed by atoms with van der Waals surface area (Å²) in [5.41, 5.74) is 0.536. The van der Waals surface area contributed by atoms with Gasteiger partial charge in [0.05, 0.1) is 17.8 Å². The molecule has 0 unspecified atom stereocenters. The van der Waals surface area contributed by atoms with Crippen LogP contribution in [0.2, 0.25) is 0 Å². The molecule has 1 N–H and O–H groups in total. The van der Waals surface area contributed by atoms with Crippen LogP contribution in [-0.2, 0) is 21.1 Å². The number of benzene rings is 1. The number of H-pyrrole nitrogens is 1. The summed E-state index contributed by atoms with van der Waals surface area (Å²) in [7, 11) is -2.05. The van der Waals surface area contributed by atoms with E-state index in [2.05, 4.69) is 9.97 Å². The number of likely N-dealkylation sites (tertiary alicyclic amines) is 1. The van der Waals surface area contributed by atoms with Crippen molar-refractivity contribution in [3.8, 4) is 5.75 Å². The number of hydrogen-bond donors (Lipinski definition) is 1. The third-order valence-corrected chi connectivity index (χ3v) is 7.07. The molecule has 1 atom stereocenters. The maximum Gasteiger partial charge on any atom is 0.251 e. The molecule has 1 aliphatic heterocycles. The first kappa shape index (κ1) is 22.0. The summed E-state index contributed by atoms with van der Waals surface area (Å²) in [6.45, 7) is 2.94. The number of sulfone groups is 1. The molecular weight excluding hydrogens is 406 g/mol. The van der Waals surface area contributed by atoms with Crippen LogP contribution in [0, 0.1) is 0 Å². The van der Waals surface area contributed by atoms with Gasteiger partial charge in [0, 0.05) is 37.2 Å². The first-order valence-corrected chi connectivity index (χ1v) is 11.7. The maximum atomic E-state index is 12.7. The number of rotatable bonds is 7. The predicted molar refractivity (Wildman–Crippen MR) is 112 cm³/mol. The highest BCUT2D eigenvalue weighted by Gasteiger charge is 2.27. The Labute approximate surface area is 176 Å². The fraction of sp³-hybridized carbons (Fsp3) is 0.476. The first-order valence-electron chi connectivity index (χ1n) is 10.1. The van der Waals surface area contributed by atoms with Gasteiger partial charge in [0.2, 0.25) is 5.91 Å². The SMILES string of the molecule is CCc1cc(=O)[nH]c([C@@H]2CCCN(C(=O)CCS(=O)(=O)c3ccc(OC)cc3)C2)n1. The van der Waals surface area contributed by atoms with E-state index in [1.54, 1.807) is 17.0 Å². The third-order valence-electron chi connectivity index (χ3n) is 5.34. The van der Waals surface area contributed by atoms with Crippen molar-refractivity contribution in [1.82, 2.24) is 14.9 Å². The molecule has 3 rings (SSSR count). The quantitative estimate of drug-likeness (QED) is 0.714. The third kappa shape index (κ3) is 5.27. The van der Waals surface area contributed by atoms with Crippen molar-refractivity contribution in [1.29, 1.82) is 0 Å². The summed E-state index contributed by atoms with van der Waals surface area (Å²) < 4.78 is 30.1. The molecule has 1 fully saturated rings. The van der Waals surface area contributed by atoms with Gasteiger partial charge in [0.1, 0.15) is 11.6 Å². The van der Waals surface area contributed by atoms with E-state index in [1.165, 1.54) is 25.3 Å². The van der Waals surface area contributed by atoms with Crippen LogP contribution < -0.4 is 10.3 Å². The average molecular weight is 434 g/mol. The largest absolute Gasteiger partial charge is 0.497 e. The predicted octanol–water partition coefficient (Wildman–Crippen LogP) is 1.91. The van der Waals surface area contributed by atoms with Gasteiger partial charge in [-0.2, -0.15) is 0 Å². The highest BCUT2D eigenvalue weighted by molar-refractivity contribution is 7.91. The Bertz CT molecular complexity index is 1050. The number of ether oxygens (including phenoxy) is 1. The van der Waals surface area contributed by atoms with Crippen molar-refractivity contribution >= 4 is 15.7 Å². The Morgan fingerprint density at radius 3 is 2.70 bits per heavy atom. The molecule has 0 radical (unpaired) electrons. The van der Waals surface area contributed by atoms with Gasteiger partial charge >= 0.3 is 0 Å². The van der Waals surface area contributed by atoms with E-state index < -0.39 is 9.84 Å². The van der Waals surface area contributed by atoms with E-state index in [0.717, 1.165) is 18.5 Å². The second-order valence-electron chi connectivity index (χ2n) is 7.40. The zero-order valence-electron chi connectivity index (χ0n) is 17.3. The van der Waals surface area contributed by atoms with E-state index in [-0.39, 0.29) is 34.5 Å². The average Bonchev–Trinajstić information content (AvgIpc) is 2.77. The van der Waals surface area contributed by atoms with Gasteiger partial charge in [-0.05, 0) is 43.5 Å². The highest BCUT2D eigenvalue weighted by Crippen LogP contribution is 2.25. The molecule has 2 heterocycles. The number of carbonyl (C=O) groups is 1. The summed E-state index contributed by atoms with van der Waals surface area (Å²) >= 11 is 0. The van der Waals surface area contributed by atoms with E-state index in [1.807, 2.05) is 6.92 Å². The molecule has 9 heteroatoms. The maximum absolute atomic E-state index is 12.7. The van der Waals surface area contributed by atoms with Crippen LogP contribution in [0.5, 0.6) is 5.75 Å². The Morgan fingerprint density at radius 2 is 2.03 bits per heavy atom. The normalized spacial score (nSPS) is 17.0. The minimum absolute atomic E-state index is 0.0555. The minimum atomic E-state index is -3.56. The molecule has 8 nitrogen and oxygen atoms in total. The van der Waals surface area contributed by atoms with Gasteiger partial charge in [0.25, 0.3) is 5.56 Å². The van der Waals surface area contributed by atoms with Gasteiger partial charge in [-0.1, -0.05) is 6.92 Å². The van der Waals surface area contributed by atoms with Gasteiger partial charge in [0.15, 0.2) is 9.84 Å². The molecule has 0 saturated carbocycles. The Kier molecular flexibility index (Phi) is 6.91. The zero-order valence-corrected chi connectivity index (χ0v) is 18.1. The van der Waals surface area contributed by atoms with Crippen LogP contribution in [0.25, 0.3) is 0 Å². The molecule has 30 heavy (non-hydrogen) atoms. The molecule has 1 amide bonds. The van der Waals surface area contributed by atoms with Crippen molar-refractivity contribution in [3.05, 3.63) is 52.2 Å². The summed E-state index contributed by atoms with van der Waals surface area (Å²) in [6.07, 6.45) is 2.18. The molecule has 0 aliphatic carbocycles. The van der Waals surface area contributed by atoms with Crippen LogP contribution in [0.1, 0.15) is 43.6 Å². The number of amides is 1. The van der Waals surface area contributed by atoms with Crippen molar-refractivity contribution < 1.29 is 17.9 Å². The van der Waals surface area contributed by atoms with Gasteiger partial charge < -0.3 is 14.6 Å². The van der Waals surface area contributed by atoms with Crippen LogP contribution >= 0.6 is 0 Å². The van der Waals surface area contributed by atoms with E-state index in [9.17, 15) is 18.0 Å². The molecular formula is C21H27N3O5S. The van der Waals surface area contributed by atoms with Crippen molar-refractivity contribution in [3.63, 3.8) is 0 Å². The monoisotopic (exact) mass is 433 g/mol. The summed E-state index contributed by atoms with van der Waals surface area (Å²) in [5, 5.41) is 0. The van der Waals surface area contributed by atoms with Gasteiger partial charge in [-0.25, -0.2) is 13.4 Å². The van der Waals surface area contributed by atoms with Crippen molar-refractivity contribution in [2.45, 2.75) is 43.4 Å². The van der Waals surface area contributed by atoms with E-state index >= 15 is 0 Å². The zero-order chi connectivity index (χ0) is 21.7. The van der Waals surface area contributed by atoms with Gasteiger partial charge in [-0.15, -0.1) is 0 Å². The van der Waals surface area contributed by atoms with E-state index in [0.29, 0.717) is 31.1 Å². The van der Waals surface area contributed by atoms with Crippen LogP contribution in [0.15, 0.2) is 40.0 Å². The number of nitrogens with one attached hydrogen (secondary N) is 1. The summed E-state index contributed by atoms with van der Waals surface area (Å²) in [6, 6.07) is 7.63. The Morgan fingerprint density at radius 1 is 1.30 bits per heavy atom. The molecule has 1 aromatic carbocycles. The van der Waals surface area contributed by atoms with E-state index in [4.69, 9.17) is 4.74 Å². The fourth-order valence-electron chi connectivity index (χ4n) is 3.61.